The Morgan fingerprint density at radius 3 is 2.53 bits per heavy atom. The molecule has 1 aromatic rings. The van der Waals surface area contributed by atoms with E-state index >= 15 is 0 Å². The molecule has 0 aliphatic rings. The lowest BCUT2D eigenvalue weighted by Crippen LogP contribution is -2.21. The van der Waals surface area contributed by atoms with E-state index in [1.807, 2.05) is 0 Å². The molecule has 0 aromatic heterocycles. The molecule has 0 heterocycles. The van der Waals surface area contributed by atoms with Crippen molar-refractivity contribution in [2.24, 2.45) is 0 Å². The predicted molar refractivity (Wildman–Crippen MR) is 57.4 cm³/mol. The van der Waals surface area contributed by atoms with E-state index in [0.29, 0.717) is 11.3 Å². The van der Waals surface area contributed by atoms with Gasteiger partial charge < -0.3 is 15.6 Å². The van der Waals surface area contributed by atoms with Crippen molar-refractivity contribution in [3.05, 3.63) is 29.3 Å². The fraction of sp³-hybridized carbons (Fsp3) is 0.364. The standard InChI is InChI=1S/C11H15NO3/c1-11(2,14)7-5-4-6-8(12)9(7)10(13)15-3/h4-6,14H,12H2,1-3H3. The smallest absolute Gasteiger partial charge is 0.340 e. The second-order valence-electron chi connectivity index (χ2n) is 3.82. The zero-order chi connectivity index (χ0) is 11.6. The summed E-state index contributed by atoms with van der Waals surface area (Å²) in [6.07, 6.45) is 0. The van der Waals surface area contributed by atoms with Crippen molar-refractivity contribution in [1.82, 2.24) is 0 Å². The third-order valence-electron chi connectivity index (χ3n) is 2.15. The summed E-state index contributed by atoms with van der Waals surface area (Å²) in [5.74, 6) is -0.537. The van der Waals surface area contributed by atoms with Gasteiger partial charge in [-0.05, 0) is 25.5 Å². The van der Waals surface area contributed by atoms with Gasteiger partial charge in [0.1, 0.15) is 0 Å². The van der Waals surface area contributed by atoms with Crippen LogP contribution in [0.1, 0.15) is 29.8 Å². The molecule has 15 heavy (non-hydrogen) atoms. The number of hydrogen-bond donors (Lipinski definition) is 2. The van der Waals surface area contributed by atoms with Crippen LogP contribution < -0.4 is 5.73 Å². The fourth-order valence-corrected chi connectivity index (χ4v) is 1.41. The molecule has 0 bridgehead atoms. The summed E-state index contributed by atoms with van der Waals surface area (Å²) in [6.45, 7) is 3.18. The highest BCUT2D eigenvalue weighted by atomic mass is 16.5. The number of nitrogen functional groups attached to an aromatic ring is 1. The molecule has 0 amide bonds. The van der Waals surface area contributed by atoms with Gasteiger partial charge in [0.2, 0.25) is 0 Å². The molecule has 1 aromatic carbocycles. The van der Waals surface area contributed by atoms with Gasteiger partial charge in [-0.2, -0.15) is 0 Å². The minimum Gasteiger partial charge on any atom is -0.465 e. The molecule has 0 aliphatic heterocycles. The maximum absolute atomic E-state index is 11.5. The predicted octanol–water partition coefficient (Wildman–Crippen LogP) is 1.28. The van der Waals surface area contributed by atoms with Crippen LogP contribution in [0, 0.1) is 0 Å². The number of esters is 1. The maximum Gasteiger partial charge on any atom is 0.340 e. The van der Waals surface area contributed by atoms with Gasteiger partial charge in [0.15, 0.2) is 0 Å². The average Bonchev–Trinajstić information content (AvgIpc) is 2.15. The second kappa shape index (κ2) is 3.90. The van der Waals surface area contributed by atoms with Crippen LogP contribution in [-0.4, -0.2) is 18.2 Å². The van der Waals surface area contributed by atoms with Crippen LogP contribution in [0.15, 0.2) is 18.2 Å². The van der Waals surface area contributed by atoms with Gasteiger partial charge in [-0.1, -0.05) is 12.1 Å². The molecule has 0 spiro atoms. The Kier molecular flexibility index (Phi) is 3.00. The number of ether oxygens (including phenoxy) is 1. The van der Waals surface area contributed by atoms with Crippen LogP contribution in [0.5, 0.6) is 0 Å². The molecule has 82 valence electrons. The highest BCUT2D eigenvalue weighted by Crippen LogP contribution is 2.27. The summed E-state index contributed by atoms with van der Waals surface area (Å²) in [5.41, 5.74) is 5.56. The minimum atomic E-state index is -1.13. The summed E-state index contributed by atoms with van der Waals surface area (Å²) in [6, 6.07) is 4.94. The maximum atomic E-state index is 11.5. The lowest BCUT2D eigenvalue weighted by molar-refractivity contribution is 0.0556. The molecule has 4 heteroatoms. The van der Waals surface area contributed by atoms with Crippen molar-refractivity contribution in [3.63, 3.8) is 0 Å². The average molecular weight is 209 g/mol. The lowest BCUT2D eigenvalue weighted by Gasteiger charge is -2.21. The molecule has 3 N–H and O–H groups in total. The summed E-state index contributed by atoms with van der Waals surface area (Å²) in [4.78, 5) is 11.5. The third kappa shape index (κ3) is 2.27. The van der Waals surface area contributed by atoms with Crippen LogP contribution >= 0.6 is 0 Å². The van der Waals surface area contributed by atoms with Gasteiger partial charge in [-0.15, -0.1) is 0 Å². The first-order valence-electron chi connectivity index (χ1n) is 4.57. The first-order valence-corrected chi connectivity index (χ1v) is 4.57. The van der Waals surface area contributed by atoms with Crippen LogP contribution in [0.25, 0.3) is 0 Å². The van der Waals surface area contributed by atoms with E-state index in [0.717, 1.165) is 0 Å². The number of aliphatic hydroxyl groups is 1. The number of methoxy groups -OCH3 is 1. The summed E-state index contributed by atoms with van der Waals surface area (Å²) >= 11 is 0. The third-order valence-corrected chi connectivity index (χ3v) is 2.15. The van der Waals surface area contributed by atoms with Gasteiger partial charge in [-0.25, -0.2) is 4.79 Å². The minimum absolute atomic E-state index is 0.229. The first kappa shape index (κ1) is 11.5. The van der Waals surface area contributed by atoms with E-state index in [-0.39, 0.29) is 5.56 Å². The highest BCUT2D eigenvalue weighted by molar-refractivity contribution is 5.97. The van der Waals surface area contributed by atoms with Crippen molar-refractivity contribution in [3.8, 4) is 0 Å². The zero-order valence-corrected chi connectivity index (χ0v) is 9.07. The second-order valence-corrected chi connectivity index (χ2v) is 3.82. The Morgan fingerprint density at radius 1 is 1.47 bits per heavy atom. The van der Waals surface area contributed by atoms with Gasteiger partial charge in [0.05, 0.1) is 18.3 Å². The number of carbonyl (C=O) groups is 1. The lowest BCUT2D eigenvalue weighted by atomic mass is 9.92. The molecule has 0 saturated carbocycles. The Bertz CT molecular complexity index is 380. The van der Waals surface area contributed by atoms with Crippen molar-refractivity contribution >= 4 is 11.7 Å². The van der Waals surface area contributed by atoms with E-state index < -0.39 is 11.6 Å². The quantitative estimate of drug-likeness (QED) is 0.568. The number of carbonyl (C=O) groups excluding carboxylic acids is 1. The Hall–Kier alpha value is -1.55. The first-order chi connectivity index (χ1) is 6.88. The van der Waals surface area contributed by atoms with Crippen molar-refractivity contribution in [2.45, 2.75) is 19.4 Å². The summed E-state index contributed by atoms with van der Waals surface area (Å²) < 4.78 is 4.62. The van der Waals surface area contributed by atoms with Gasteiger partial charge in [0, 0.05) is 5.69 Å². The molecule has 0 atom stereocenters. The van der Waals surface area contributed by atoms with E-state index in [9.17, 15) is 9.90 Å². The molecular weight excluding hydrogens is 194 g/mol. The monoisotopic (exact) mass is 209 g/mol. The van der Waals surface area contributed by atoms with Crippen LogP contribution in [-0.2, 0) is 10.3 Å². The molecule has 4 nitrogen and oxygen atoms in total. The van der Waals surface area contributed by atoms with E-state index in [2.05, 4.69) is 4.74 Å². The van der Waals surface area contributed by atoms with Crippen LogP contribution in [0.4, 0.5) is 5.69 Å². The highest BCUT2D eigenvalue weighted by Gasteiger charge is 2.25. The topological polar surface area (TPSA) is 72.5 Å². The molecule has 1 rings (SSSR count). The van der Waals surface area contributed by atoms with Crippen LogP contribution in [0.2, 0.25) is 0 Å². The largest absolute Gasteiger partial charge is 0.465 e. The fourth-order valence-electron chi connectivity index (χ4n) is 1.41. The molecule has 0 saturated heterocycles. The molecule has 0 aliphatic carbocycles. The van der Waals surface area contributed by atoms with Gasteiger partial charge in [-0.3, -0.25) is 0 Å². The number of anilines is 1. The Morgan fingerprint density at radius 2 is 2.07 bits per heavy atom. The number of hydrogen-bond acceptors (Lipinski definition) is 4. The normalized spacial score (nSPS) is 11.2. The molecular formula is C11H15NO3. The van der Waals surface area contributed by atoms with Gasteiger partial charge >= 0.3 is 5.97 Å². The van der Waals surface area contributed by atoms with Crippen molar-refractivity contribution in [2.75, 3.05) is 12.8 Å². The van der Waals surface area contributed by atoms with Crippen LogP contribution in [0.3, 0.4) is 0 Å². The molecule has 0 fully saturated rings. The SMILES string of the molecule is COC(=O)c1c(N)cccc1C(C)(C)O. The number of rotatable bonds is 2. The van der Waals surface area contributed by atoms with E-state index in [1.165, 1.54) is 7.11 Å². The van der Waals surface area contributed by atoms with Gasteiger partial charge in [0.25, 0.3) is 0 Å². The number of benzene rings is 1. The Balaban J connectivity index is 3.40. The van der Waals surface area contributed by atoms with Crippen molar-refractivity contribution < 1.29 is 14.6 Å². The zero-order valence-electron chi connectivity index (χ0n) is 9.07. The van der Waals surface area contributed by atoms with E-state index in [4.69, 9.17) is 5.73 Å². The van der Waals surface area contributed by atoms with E-state index in [1.54, 1.807) is 32.0 Å². The number of nitrogens with two attached hydrogens (primary N) is 1. The summed E-state index contributed by atoms with van der Waals surface area (Å²) in [5, 5.41) is 9.88. The molecule has 0 unspecified atom stereocenters. The molecule has 0 radical (unpaired) electrons. The Labute approximate surface area is 88.7 Å². The summed E-state index contributed by atoms with van der Waals surface area (Å²) in [7, 11) is 1.28. The van der Waals surface area contributed by atoms with Crippen molar-refractivity contribution in [1.29, 1.82) is 0 Å².